The molecule has 0 aliphatic carbocycles. The first-order chi connectivity index (χ1) is 24.1. The van der Waals surface area contributed by atoms with E-state index in [1.54, 1.807) is 0 Å². The molecule has 5 nitrogen and oxygen atoms in total. The molecular formula is C44H76O5. The van der Waals surface area contributed by atoms with Gasteiger partial charge in [0.05, 0.1) is 6.61 Å². The summed E-state index contributed by atoms with van der Waals surface area (Å²) in [6.07, 6.45) is 51.4. The topological polar surface area (TPSA) is 72.8 Å². The van der Waals surface area contributed by atoms with Crippen LogP contribution in [0.5, 0.6) is 0 Å². The molecule has 0 saturated carbocycles. The summed E-state index contributed by atoms with van der Waals surface area (Å²) in [5, 5.41) is 9.56. The van der Waals surface area contributed by atoms with E-state index in [9.17, 15) is 14.7 Å². The normalized spacial score (nSPS) is 12.8. The smallest absolute Gasteiger partial charge is 0.306 e. The molecule has 282 valence electrons. The molecule has 0 aromatic carbocycles. The lowest BCUT2D eigenvalue weighted by Gasteiger charge is -2.15. The number of carbonyl (C=O) groups excluding carboxylic acids is 2. The quantitative estimate of drug-likeness (QED) is 0.0404. The Bertz CT molecular complexity index is 869. The van der Waals surface area contributed by atoms with Crippen LogP contribution in [-0.2, 0) is 19.1 Å². The third-order valence-corrected chi connectivity index (χ3v) is 8.55. The lowest BCUT2D eigenvalue weighted by Crippen LogP contribution is -2.28. The molecule has 1 N–H and O–H groups in total. The standard InChI is InChI=1S/C44H76O5/c1-3-5-7-9-11-13-15-17-19-21-22-23-25-27-29-31-33-35-37-39-44(47)49-42(40-45)41-48-43(46)38-36-34-32-30-28-26-24-20-18-16-14-12-10-8-6-4-2/h5,7,11,13,17,19-20,22-24,42,45H,3-4,6,8-10,12,14-16,18,21,25-41H2,1-2H3/b7-5-,13-11-,19-17-,23-22-,24-20-. The Morgan fingerprint density at radius 2 is 0.878 bits per heavy atom. The molecular weight excluding hydrogens is 608 g/mol. The zero-order valence-electron chi connectivity index (χ0n) is 31.9. The third kappa shape index (κ3) is 38.3. The van der Waals surface area contributed by atoms with Crippen LogP contribution in [0.1, 0.15) is 187 Å². The average molecular weight is 685 g/mol. The number of unbranched alkanes of at least 4 members (excludes halogenated alkanes) is 18. The molecule has 0 amide bonds. The van der Waals surface area contributed by atoms with Gasteiger partial charge in [-0.05, 0) is 77.0 Å². The van der Waals surface area contributed by atoms with Crippen molar-refractivity contribution in [3.63, 3.8) is 0 Å². The lowest BCUT2D eigenvalue weighted by atomic mass is 10.1. The van der Waals surface area contributed by atoms with Crippen molar-refractivity contribution in [1.29, 1.82) is 0 Å². The van der Waals surface area contributed by atoms with Crippen LogP contribution >= 0.6 is 0 Å². The largest absolute Gasteiger partial charge is 0.462 e. The van der Waals surface area contributed by atoms with Crippen LogP contribution in [0.25, 0.3) is 0 Å². The number of esters is 2. The minimum absolute atomic E-state index is 0.0778. The Labute approximate surface area is 302 Å². The summed E-state index contributed by atoms with van der Waals surface area (Å²) in [7, 11) is 0. The molecule has 49 heavy (non-hydrogen) atoms. The molecule has 0 spiro atoms. The van der Waals surface area contributed by atoms with E-state index in [2.05, 4.69) is 74.6 Å². The van der Waals surface area contributed by atoms with Crippen molar-refractivity contribution in [2.45, 2.75) is 193 Å². The van der Waals surface area contributed by atoms with E-state index in [0.29, 0.717) is 12.8 Å². The van der Waals surface area contributed by atoms with Gasteiger partial charge in [0.1, 0.15) is 6.61 Å². The van der Waals surface area contributed by atoms with Gasteiger partial charge in [0.25, 0.3) is 0 Å². The highest BCUT2D eigenvalue weighted by molar-refractivity contribution is 5.70. The second-order valence-corrected chi connectivity index (χ2v) is 13.3. The first-order valence-corrected chi connectivity index (χ1v) is 20.3. The van der Waals surface area contributed by atoms with Gasteiger partial charge in [-0.15, -0.1) is 0 Å². The molecule has 0 aliphatic heterocycles. The number of hydrogen-bond donors (Lipinski definition) is 1. The fourth-order valence-corrected chi connectivity index (χ4v) is 5.48. The third-order valence-electron chi connectivity index (χ3n) is 8.55. The van der Waals surface area contributed by atoms with Crippen LogP contribution in [0.2, 0.25) is 0 Å². The number of aliphatic hydroxyl groups is 1. The molecule has 5 heteroatoms. The lowest BCUT2D eigenvalue weighted by molar-refractivity contribution is -0.161. The number of carbonyl (C=O) groups is 2. The Morgan fingerprint density at radius 3 is 1.35 bits per heavy atom. The first-order valence-electron chi connectivity index (χ1n) is 20.3. The Hall–Kier alpha value is -2.40. The van der Waals surface area contributed by atoms with Crippen molar-refractivity contribution in [3.05, 3.63) is 60.8 Å². The van der Waals surface area contributed by atoms with E-state index in [1.807, 2.05) is 0 Å². The first kappa shape index (κ1) is 46.6. The fourth-order valence-electron chi connectivity index (χ4n) is 5.48. The minimum Gasteiger partial charge on any atom is -0.462 e. The maximum atomic E-state index is 12.2. The molecule has 0 saturated heterocycles. The number of hydrogen-bond acceptors (Lipinski definition) is 5. The molecule has 0 bridgehead atoms. The van der Waals surface area contributed by atoms with E-state index >= 15 is 0 Å². The van der Waals surface area contributed by atoms with Crippen LogP contribution in [0, 0.1) is 0 Å². The van der Waals surface area contributed by atoms with Crippen LogP contribution in [-0.4, -0.2) is 36.4 Å². The van der Waals surface area contributed by atoms with Gasteiger partial charge in [-0.25, -0.2) is 0 Å². The molecule has 1 atom stereocenters. The Balaban J connectivity index is 3.61. The zero-order chi connectivity index (χ0) is 35.7. The number of allylic oxidation sites excluding steroid dienone is 10. The van der Waals surface area contributed by atoms with E-state index in [0.717, 1.165) is 77.0 Å². The zero-order valence-corrected chi connectivity index (χ0v) is 31.9. The van der Waals surface area contributed by atoms with Gasteiger partial charge in [-0.1, -0.05) is 158 Å². The average Bonchev–Trinajstić information content (AvgIpc) is 3.10. The predicted octanol–water partition coefficient (Wildman–Crippen LogP) is 12.8. The maximum Gasteiger partial charge on any atom is 0.306 e. The second kappa shape index (κ2) is 40.0. The van der Waals surface area contributed by atoms with Crippen molar-refractivity contribution in [2.75, 3.05) is 13.2 Å². The monoisotopic (exact) mass is 685 g/mol. The van der Waals surface area contributed by atoms with E-state index < -0.39 is 6.10 Å². The second-order valence-electron chi connectivity index (χ2n) is 13.3. The van der Waals surface area contributed by atoms with Crippen LogP contribution < -0.4 is 0 Å². The van der Waals surface area contributed by atoms with Gasteiger partial charge in [0.15, 0.2) is 6.10 Å². The number of ether oxygens (including phenoxy) is 2. The minimum atomic E-state index is -0.784. The fraction of sp³-hybridized carbons (Fsp3) is 0.727. The van der Waals surface area contributed by atoms with Gasteiger partial charge in [0.2, 0.25) is 0 Å². The van der Waals surface area contributed by atoms with Gasteiger partial charge in [-0.3, -0.25) is 9.59 Å². The van der Waals surface area contributed by atoms with Gasteiger partial charge in [-0.2, -0.15) is 0 Å². The highest BCUT2D eigenvalue weighted by Gasteiger charge is 2.16. The molecule has 0 aromatic heterocycles. The number of rotatable bonds is 36. The Morgan fingerprint density at radius 1 is 0.490 bits per heavy atom. The summed E-state index contributed by atoms with van der Waals surface area (Å²) < 4.78 is 10.6. The molecule has 0 radical (unpaired) electrons. The highest BCUT2D eigenvalue weighted by Crippen LogP contribution is 2.12. The van der Waals surface area contributed by atoms with Crippen molar-refractivity contribution in [1.82, 2.24) is 0 Å². The predicted molar refractivity (Wildman–Crippen MR) is 210 cm³/mol. The Kier molecular flexibility index (Phi) is 38.1. The van der Waals surface area contributed by atoms with E-state index in [1.165, 1.54) is 83.5 Å². The van der Waals surface area contributed by atoms with Gasteiger partial charge in [0, 0.05) is 12.8 Å². The summed E-state index contributed by atoms with van der Waals surface area (Å²) in [6.45, 7) is 4.00. The highest BCUT2D eigenvalue weighted by atomic mass is 16.6. The summed E-state index contributed by atoms with van der Waals surface area (Å²) in [6, 6.07) is 0. The SMILES string of the molecule is CC/C=C\C/C=C\C/C=C\C/C=C\CCCCCCCCC(=O)OC(CO)COC(=O)CCCCCCC/C=C\CCCCCCCCC. The summed E-state index contributed by atoms with van der Waals surface area (Å²) in [5.74, 6) is -0.619. The number of aliphatic hydroxyl groups excluding tert-OH is 1. The van der Waals surface area contributed by atoms with Crippen molar-refractivity contribution >= 4 is 11.9 Å². The van der Waals surface area contributed by atoms with Crippen LogP contribution in [0.4, 0.5) is 0 Å². The van der Waals surface area contributed by atoms with Gasteiger partial charge >= 0.3 is 11.9 Å². The molecule has 0 heterocycles. The van der Waals surface area contributed by atoms with Crippen molar-refractivity contribution < 1.29 is 24.2 Å². The maximum absolute atomic E-state index is 12.2. The summed E-state index contributed by atoms with van der Waals surface area (Å²) in [4.78, 5) is 24.3. The summed E-state index contributed by atoms with van der Waals surface area (Å²) in [5.41, 5.74) is 0. The van der Waals surface area contributed by atoms with Crippen LogP contribution in [0.15, 0.2) is 60.8 Å². The summed E-state index contributed by atoms with van der Waals surface area (Å²) >= 11 is 0. The molecule has 0 fully saturated rings. The van der Waals surface area contributed by atoms with Crippen molar-refractivity contribution in [3.8, 4) is 0 Å². The molecule has 0 rings (SSSR count). The van der Waals surface area contributed by atoms with E-state index in [-0.39, 0.29) is 25.2 Å². The molecule has 0 aromatic rings. The van der Waals surface area contributed by atoms with Crippen molar-refractivity contribution in [2.24, 2.45) is 0 Å². The van der Waals surface area contributed by atoms with E-state index in [4.69, 9.17) is 9.47 Å². The van der Waals surface area contributed by atoms with Crippen LogP contribution in [0.3, 0.4) is 0 Å². The van der Waals surface area contributed by atoms with Gasteiger partial charge < -0.3 is 14.6 Å². The molecule has 0 aliphatic rings. The molecule has 1 unspecified atom stereocenters.